The third-order valence-corrected chi connectivity index (χ3v) is 6.97. The maximum absolute atomic E-state index is 12.6. The summed E-state index contributed by atoms with van der Waals surface area (Å²) in [7, 11) is -3.21. The van der Waals surface area contributed by atoms with Crippen molar-refractivity contribution in [2.75, 3.05) is 54.2 Å². The van der Waals surface area contributed by atoms with Crippen molar-refractivity contribution in [2.24, 2.45) is 0 Å². The van der Waals surface area contributed by atoms with Crippen molar-refractivity contribution in [3.8, 4) is 0 Å². The number of anilines is 2. The van der Waals surface area contributed by atoms with Gasteiger partial charge in [-0.2, -0.15) is 0 Å². The Morgan fingerprint density at radius 3 is 2.33 bits per heavy atom. The molecule has 2 aliphatic heterocycles. The average Bonchev–Trinajstić information content (AvgIpc) is 2.60. The summed E-state index contributed by atoms with van der Waals surface area (Å²) in [5.74, 6) is 0.217. The van der Waals surface area contributed by atoms with Gasteiger partial charge in [-0.25, -0.2) is 8.42 Å². The number of sulfonamides is 1. The summed E-state index contributed by atoms with van der Waals surface area (Å²) in [4.78, 5) is 4.88. The molecule has 0 aromatic heterocycles. The highest BCUT2D eigenvalue weighted by Crippen LogP contribution is 2.34. The van der Waals surface area contributed by atoms with Crippen molar-refractivity contribution in [3.63, 3.8) is 0 Å². The summed E-state index contributed by atoms with van der Waals surface area (Å²) in [6.45, 7) is 7.68. The van der Waals surface area contributed by atoms with Gasteiger partial charge in [-0.1, -0.05) is 25.5 Å². The van der Waals surface area contributed by atoms with Gasteiger partial charge in [0.25, 0.3) is 0 Å². The molecule has 1 aromatic carbocycles. The van der Waals surface area contributed by atoms with E-state index in [-0.39, 0.29) is 5.75 Å². The number of likely N-dealkylation sites (tertiary alicyclic amines) is 1. The lowest BCUT2D eigenvalue weighted by molar-refractivity contribution is 0.233. The highest BCUT2D eigenvalue weighted by Gasteiger charge is 2.29. The van der Waals surface area contributed by atoms with E-state index in [4.69, 9.17) is 0 Å². The van der Waals surface area contributed by atoms with Gasteiger partial charge in [0.15, 0.2) is 0 Å². The molecule has 1 saturated heterocycles. The van der Waals surface area contributed by atoms with Crippen LogP contribution in [0.25, 0.3) is 0 Å². The zero-order chi connectivity index (χ0) is 17.0. The summed E-state index contributed by atoms with van der Waals surface area (Å²) >= 11 is 0. The number of nitrogens with zero attached hydrogens (tertiary/aromatic N) is 3. The second-order valence-corrected chi connectivity index (χ2v) is 8.78. The number of hydrogen-bond donors (Lipinski definition) is 0. The molecule has 0 N–H and O–H groups in total. The molecule has 1 aromatic rings. The zero-order valence-electron chi connectivity index (χ0n) is 14.7. The van der Waals surface area contributed by atoms with Gasteiger partial charge < -0.3 is 9.80 Å². The van der Waals surface area contributed by atoms with Crippen molar-refractivity contribution < 1.29 is 8.42 Å². The standard InChI is InChI=1S/C18H29N3O2S/c1-2-16-24(22,23)21-15-14-20(17-8-4-5-9-18(17)21)13-12-19-10-6-3-7-11-19/h4-5,8-9H,2-3,6-7,10-16H2,1H3. The lowest BCUT2D eigenvalue weighted by atomic mass is 10.1. The highest BCUT2D eigenvalue weighted by atomic mass is 32.2. The Morgan fingerprint density at radius 2 is 1.62 bits per heavy atom. The van der Waals surface area contributed by atoms with E-state index in [0.717, 1.165) is 31.0 Å². The predicted molar refractivity (Wildman–Crippen MR) is 100 cm³/mol. The van der Waals surface area contributed by atoms with Gasteiger partial charge in [0.2, 0.25) is 10.0 Å². The topological polar surface area (TPSA) is 43.9 Å². The first-order valence-electron chi connectivity index (χ1n) is 9.18. The highest BCUT2D eigenvalue weighted by molar-refractivity contribution is 7.92. The van der Waals surface area contributed by atoms with Gasteiger partial charge in [0.1, 0.15) is 0 Å². The lowest BCUT2D eigenvalue weighted by Gasteiger charge is -2.39. The normalized spacial score (nSPS) is 19.4. The Balaban J connectivity index is 1.74. The largest absolute Gasteiger partial charge is 0.367 e. The Hall–Kier alpha value is -1.27. The first-order chi connectivity index (χ1) is 11.6. The Bertz CT molecular complexity index is 641. The van der Waals surface area contributed by atoms with Crippen molar-refractivity contribution in [1.29, 1.82) is 0 Å². The molecular weight excluding hydrogens is 322 g/mol. The zero-order valence-corrected chi connectivity index (χ0v) is 15.5. The van der Waals surface area contributed by atoms with E-state index in [1.54, 1.807) is 4.31 Å². The lowest BCUT2D eigenvalue weighted by Crippen LogP contribution is -2.47. The SMILES string of the molecule is CCCS(=O)(=O)N1CCN(CCN2CCCCC2)c2ccccc21. The molecule has 2 heterocycles. The Labute approximate surface area is 146 Å². The second kappa shape index (κ2) is 7.74. The summed E-state index contributed by atoms with van der Waals surface area (Å²) < 4.78 is 26.7. The molecule has 6 heteroatoms. The molecule has 3 rings (SSSR count). The summed E-state index contributed by atoms with van der Waals surface area (Å²) in [6, 6.07) is 7.93. The van der Waals surface area contributed by atoms with Crippen LogP contribution in [0.4, 0.5) is 11.4 Å². The van der Waals surface area contributed by atoms with Gasteiger partial charge in [-0.15, -0.1) is 0 Å². The van der Waals surface area contributed by atoms with Crippen molar-refractivity contribution in [3.05, 3.63) is 24.3 Å². The first-order valence-corrected chi connectivity index (χ1v) is 10.8. The van der Waals surface area contributed by atoms with E-state index < -0.39 is 10.0 Å². The molecule has 0 aliphatic carbocycles. The van der Waals surface area contributed by atoms with Crippen LogP contribution in [0.1, 0.15) is 32.6 Å². The maximum atomic E-state index is 12.6. The van der Waals surface area contributed by atoms with Crippen LogP contribution < -0.4 is 9.21 Å². The minimum Gasteiger partial charge on any atom is -0.367 e. The summed E-state index contributed by atoms with van der Waals surface area (Å²) in [6.07, 6.45) is 4.62. The third kappa shape index (κ3) is 3.86. The van der Waals surface area contributed by atoms with Gasteiger partial charge in [-0.3, -0.25) is 4.31 Å². The average molecular weight is 352 g/mol. The fourth-order valence-electron chi connectivity index (χ4n) is 3.73. The summed E-state index contributed by atoms with van der Waals surface area (Å²) in [5.41, 5.74) is 1.90. The van der Waals surface area contributed by atoms with Crippen LogP contribution in [-0.4, -0.2) is 58.3 Å². The quantitative estimate of drug-likeness (QED) is 0.790. The molecular formula is C18H29N3O2S. The predicted octanol–water partition coefficient (Wildman–Crippen LogP) is 2.54. The Kier molecular flexibility index (Phi) is 5.66. The van der Waals surface area contributed by atoms with E-state index in [2.05, 4.69) is 15.9 Å². The van der Waals surface area contributed by atoms with Gasteiger partial charge in [0, 0.05) is 19.6 Å². The molecule has 2 aliphatic rings. The van der Waals surface area contributed by atoms with Crippen LogP contribution in [-0.2, 0) is 10.0 Å². The van der Waals surface area contributed by atoms with Crippen LogP contribution in [0.3, 0.4) is 0 Å². The van der Waals surface area contributed by atoms with E-state index in [1.807, 2.05) is 25.1 Å². The van der Waals surface area contributed by atoms with Gasteiger partial charge >= 0.3 is 0 Å². The van der Waals surface area contributed by atoms with Crippen LogP contribution >= 0.6 is 0 Å². The van der Waals surface area contributed by atoms with Gasteiger partial charge in [-0.05, 0) is 44.5 Å². The number of benzene rings is 1. The van der Waals surface area contributed by atoms with E-state index in [9.17, 15) is 8.42 Å². The molecule has 0 unspecified atom stereocenters. The smallest absolute Gasteiger partial charge is 0.235 e. The first kappa shape index (κ1) is 17.5. The van der Waals surface area contributed by atoms with Crippen molar-refractivity contribution in [1.82, 2.24) is 4.90 Å². The molecule has 5 nitrogen and oxygen atoms in total. The molecule has 0 atom stereocenters. The van der Waals surface area contributed by atoms with Crippen LogP contribution in [0.2, 0.25) is 0 Å². The number of rotatable bonds is 6. The minimum atomic E-state index is -3.21. The minimum absolute atomic E-state index is 0.217. The van der Waals surface area contributed by atoms with Crippen LogP contribution in [0.5, 0.6) is 0 Å². The molecule has 0 spiro atoms. The van der Waals surface area contributed by atoms with Crippen LogP contribution in [0, 0.1) is 0 Å². The fraction of sp³-hybridized carbons (Fsp3) is 0.667. The van der Waals surface area contributed by atoms with E-state index in [0.29, 0.717) is 13.0 Å². The number of para-hydroxylation sites is 2. The Morgan fingerprint density at radius 1 is 0.917 bits per heavy atom. The maximum Gasteiger partial charge on any atom is 0.235 e. The third-order valence-electron chi connectivity index (χ3n) is 5.00. The molecule has 0 amide bonds. The number of hydrogen-bond acceptors (Lipinski definition) is 4. The fourth-order valence-corrected chi connectivity index (χ4v) is 5.28. The molecule has 0 radical (unpaired) electrons. The van der Waals surface area contributed by atoms with E-state index >= 15 is 0 Å². The monoisotopic (exact) mass is 351 g/mol. The van der Waals surface area contributed by atoms with Crippen molar-refractivity contribution in [2.45, 2.75) is 32.6 Å². The van der Waals surface area contributed by atoms with Gasteiger partial charge in [0.05, 0.1) is 23.7 Å². The molecule has 24 heavy (non-hydrogen) atoms. The number of fused-ring (bicyclic) bond motifs is 1. The van der Waals surface area contributed by atoms with Crippen LogP contribution in [0.15, 0.2) is 24.3 Å². The molecule has 134 valence electrons. The molecule has 0 saturated carbocycles. The van der Waals surface area contributed by atoms with Crippen molar-refractivity contribution >= 4 is 21.4 Å². The second-order valence-electron chi connectivity index (χ2n) is 6.77. The van der Waals surface area contributed by atoms with E-state index in [1.165, 1.54) is 32.4 Å². The molecule has 1 fully saturated rings. The summed E-state index contributed by atoms with van der Waals surface area (Å²) in [5, 5.41) is 0. The number of piperidine rings is 1. The molecule has 0 bridgehead atoms.